The number of fused-ring (bicyclic) bond motifs is 3. The molecule has 0 radical (unpaired) electrons. The molecule has 0 spiro atoms. The molecule has 27 heavy (non-hydrogen) atoms. The summed E-state index contributed by atoms with van der Waals surface area (Å²) in [5.41, 5.74) is 6.41. The lowest BCUT2D eigenvalue weighted by atomic mass is 9.83. The Hall–Kier alpha value is -3.92. The third-order valence-electron chi connectivity index (χ3n) is 4.51. The predicted molar refractivity (Wildman–Crippen MR) is 96.4 cm³/mol. The van der Waals surface area contributed by atoms with Crippen molar-refractivity contribution in [3.8, 4) is 23.3 Å². The highest BCUT2D eigenvalue weighted by atomic mass is 16.5. The minimum atomic E-state index is -0.837. The minimum absolute atomic E-state index is 0.0645. The molecule has 134 valence electrons. The molecule has 0 aliphatic carbocycles. The number of nitriles is 1. The van der Waals surface area contributed by atoms with Gasteiger partial charge in [-0.25, -0.2) is 4.79 Å². The Bertz CT molecular complexity index is 1200. The van der Waals surface area contributed by atoms with Gasteiger partial charge in [-0.05, 0) is 29.8 Å². The average Bonchev–Trinajstić information content (AvgIpc) is 2.67. The van der Waals surface area contributed by atoms with Crippen LogP contribution in [0.4, 0.5) is 0 Å². The molecule has 0 amide bonds. The largest absolute Gasteiger partial charge is 0.504 e. The summed E-state index contributed by atoms with van der Waals surface area (Å²) in [7, 11) is 1.43. The van der Waals surface area contributed by atoms with E-state index < -0.39 is 11.5 Å². The van der Waals surface area contributed by atoms with Gasteiger partial charge >= 0.3 is 5.63 Å². The molecule has 0 saturated carbocycles. The quantitative estimate of drug-likeness (QED) is 0.673. The summed E-state index contributed by atoms with van der Waals surface area (Å²) in [5.74, 6) is -0.535. The number of ether oxygens (including phenoxy) is 2. The predicted octanol–water partition coefficient (Wildman–Crippen LogP) is 2.73. The zero-order chi connectivity index (χ0) is 19.1. The third kappa shape index (κ3) is 2.47. The second-order valence-electron chi connectivity index (χ2n) is 5.98. The molecule has 0 fully saturated rings. The number of rotatable bonds is 2. The summed E-state index contributed by atoms with van der Waals surface area (Å²) in [5, 5.41) is 20.3. The Kier molecular flexibility index (Phi) is 3.74. The van der Waals surface area contributed by atoms with Gasteiger partial charge in [-0.15, -0.1) is 0 Å². The van der Waals surface area contributed by atoms with Crippen molar-refractivity contribution in [1.29, 1.82) is 5.26 Å². The standard InChI is InChI=1S/C20H14N2O5/c1-25-15-7-6-10(8-13(15)23)16-12(9-21)19(22)27-18-11-4-2-3-5-14(11)26-20(24)17(16)18/h2-8,16,23H,22H2,1H3/t16-/m1/s1. The van der Waals surface area contributed by atoms with Crippen molar-refractivity contribution in [1.82, 2.24) is 0 Å². The summed E-state index contributed by atoms with van der Waals surface area (Å²) in [4.78, 5) is 12.7. The molecule has 2 heterocycles. The summed E-state index contributed by atoms with van der Waals surface area (Å²) in [6, 6.07) is 13.5. The van der Waals surface area contributed by atoms with E-state index >= 15 is 0 Å². The molecule has 0 bridgehead atoms. The van der Waals surface area contributed by atoms with Crippen LogP contribution >= 0.6 is 0 Å². The van der Waals surface area contributed by atoms with Crippen molar-refractivity contribution < 1.29 is 19.0 Å². The maximum Gasteiger partial charge on any atom is 0.344 e. The molecule has 3 N–H and O–H groups in total. The molecule has 0 saturated heterocycles. The SMILES string of the molecule is COc1ccc([C@@H]2C(C#N)=C(N)Oc3c2c(=O)oc2ccccc32)cc1O. The number of nitrogens with two attached hydrogens (primary N) is 1. The van der Waals surface area contributed by atoms with Gasteiger partial charge in [0.2, 0.25) is 5.88 Å². The Morgan fingerprint density at radius 3 is 2.74 bits per heavy atom. The van der Waals surface area contributed by atoms with Crippen LogP contribution in [-0.2, 0) is 0 Å². The van der Waals surface area contributed by atoms with Crippen LogP contribution in [0, 0.1) is 11.3 Å². The van der Waals surface area contributed by atoms with Gasteiger partial charge in [-0.3, -0.25) is 0 Å². The lowest BCUT2D eigenvalue weighted by Gasteiger charge is -2.26. The highest BCUT2D eigenvalue weighted by molar-refractivity contribution is 5.86. The van der Waals surface area contributed by atoms with Crippen LogP contribution in [0.1, 0.15) is 17.0 Å². The highest BCUT2D eigenvalue weighted by Crippen LogP contribution is 2.44. The normalized spacial score (nSPS) is 15.8. The molecule has 7 nitrogen and oxygen atoms in total. The van der Waals surface area contributed by atoms with E-state index in [4.69, 9.17) is 19.6 Å². The number of aromatic hydroxyl groups is 1. The Labute approximate surface area is 153 Å². The highest BCUT2D eigenvalue weighted by Gasteiger charge is 2.35. The first-order valence-corrected chi connectivity index (χ1v) is 8.05. The van der Waals surface area contributed by atoms with Crippen molar-refractivity contribution in [2.75, 3.05) is 7.11 Å². The fourth-order valence-electron chi connectivity index (χ4n) is 3.29. The van der Waals surface area contributed by atoms with Gasteiger partial charge in [-0.2, -0.15) is 5.26 Å². The number of phenolic OH excluding ortho intramolecular Hbond substituents is 1. The number of phenols is 1. The van der Waals surface area contributed by atoms with Gasteiger partial charge in [0.15, 0.2) is 17.2 Å². The number of allylic oxidation sites excluding steroid dienone is 1. The maximum absolute atomic E-state index is 12.7. The van der Waals surface area contributed by atoms with Crippen LogP contribution in [0.25, 0.3) is 11.0 Å². The number of hydrogen-bond acceptors (Lipinski definition) is 7. The van der Waals surface area contributed by atoms with Crippen molar-refractivity contribution in [3.63, 3.8) is 0 Å². The van der Waals surface area contributed by atoms with Gasteiger partial charge in [0, 0.05) is 0 Å². The Morgan fingerprint density at radius 2 is 2.04 bits per heavy atom. The molecule has 1 aromatic heterocycles. The van der Waals surface area contributed by atoms with Gasteiger partial charge in [-0.1, -0.05) is 18.2 Å². The molecule has 3 aromatic rings. The van der Waals surface area contributed by atoms with E-state index in [-0.39, 0.29) is 34.3 Å². The van der Waals surface area contributed by atoms with E-state index in [0.29, 0.717) is 16.5 Å². The lowest BCUT2D eigenvalue weighted by Crippen LogP contribution is -2.26. The summed E-state index contributed by atoms with van der Waals surface area (Å²) in [6.07, 6.45) is 0. The van der Waals surface area contributed by atoms with Crippen molar-refractivity contribution in [2.24, 2.45) is 5.73 Å². The molecule has 2 aromatic carbocycles. The van der Waals surface area contributed by atoms with E-state index in [1.54, 1.807) is 36.4 Å². The topological polar surface area (TPSA) is 119 Å². The molecule has 0 unspecified atom stereocenters. The number of methoxy groups -OCH3 is 1. The van der Waals surface area contributed by atoms with Gasteiger partial charge in [0.1, 0.15) is 17.2 Å². The van der Waals surface area contributed by atoms with E-state index in [1.807, 2.05) is 6.07 Å². The molecule has 1 atom stereocenters. The number of hydrogen-bond donors (Lipinski definition) is 2. The summed E-state index contributed by atoms with van der Waals surface area (Å²) < 4.78 is 16.1. The molecular weight excluding hydrogens is 348 g/mol. The average molecular weight is 362 g/mol. The first-order valence-electron chi connectivity index (χ1n) is 8.05. The lowest BCUT2D eigenvalue weighted by molar-refractivity contribution is 0.372. The van der Waals surface area contributed by atoms with E-state index in [9.17, 15) is 15.2 Å². The smallest absolute Gasteiger partial charge is 0.344 e. The van der Waals surface area contributed by atoms with Crippen molar-refractivity contribution in [3.05, 3.63) is 75.5 Å². The molecule has 1 aliphatic rings. The van der Waals surface area contributed by atoms with Gasteiger partial charge in [0.05, 0.1) is 24.0 Å². The van der Waals surface area contributed by atoms with Crippen molar-refractivity contribution >= 4 is 11.0 Å². The Balaban J connectivity index is 2.05. The number of nitrogens with zero attached hydrogens (tertiary/aromatic N) is 1. The monoisotopic (exact) mass is 362 g/mol. The molecular formula is C20H14N2O5. The van der Waals surface area contributed by atoms with Gasteiger partial charge in [0.25, 0.3) is 0 Å². The molecule has 7 heteroatoms. The maximum atomic E-state index is 12.7. The first-order chi connectivity index (χ1) is 13.0. The second kappa shape index (κ2) is 6.11. The van der Waals surface area contributed by atoms with Crippen molar-refractivity contribution in [2.45, 2.75) is 5.92 Å². The van der Waals surface area contributed by atoms with Crippen LogP contribution in [0.15, 0.2) is 63.1 Å². The second-order valence-corrected chi connectivity index (χ2v) is 5.98. The minimum Gasteiger partial charge on any atom is -0.504 e. The van der Waals surface area contributed by atoms with E-state index in [0.717, 1.165) is 0 Å². The van der Waals surface area contributed by atoms with Crippen LogP contribution in [-0.4, -0.2) is 12.2 Å². The fourth-order valence-corrected chi connectivity index (χ4v) is 3.29. The first kappa shape index (κ1) is 16.5. The number of benzene rings is 2. The summed E-state index contributed by atoms with van der Waals surface area (Å²) >= 11 is 0. The van der Waals surface area contributed by atoms with E-state index in [2.05, 4.69) is 0 Å². The molecule has 4 rings (SSSR count). The number of para-hydroxylation sites is 1. The zero-order valence-corrected chi connectivity index (χ0v) is 14.2. The zero-order valence-electron chi connectivity index (χ0n) is 14.2. The third-order valence-corrected chi connectivity index (χ3v) is 4.51. The van der Waals surface area contributed by atoms with Crippen LogP contribution < -0.4 is 20.8 Å². The summed E-state index contributed by atoms with van der Waals surface area (Å²) in [6.45, 7) is 0. The van der Waals surface area contributed by atoms with Gasteiger partial charge < -0.3 is 24.7 Å². The fraction of sp³-hybridized carbons (Fsp3) is 0.100. The van der Waals surface area contributed by atoms with Crippen LogP contribution in [0.5, 0.6) is 17.2 Å². The molecule has 1 aliphatic heterocycles. The Morgan fingerprint density at radius 1 is 1.26 bits per heavy atom. The van der Waals surface area contributed by atoms with Crippen LogP contribution in [0.2, 0.25) is 0 Å². The van der Waals surface area contributed by atoms with E-state index in [1.165, 1.54) is 13.2 Å². The van der Waals surface area contributed by atoms with Crippen LogP contribution in [0.3, 0.4) is 0 Å².